The number of amides is 1. The highest BCUT2D eigenvalue weighted by atomic mass is 32.2. The van der Waals surface area contributed by atoms with Gasteiger partial charge in [0.1, 0.15) is 0 Å². The Morgan fingerprint density at radius 2 is 2.03 bits per heavy atom. The van der Waals surface area contributed by atoms with Crippen LogP contribution in [0.5, 0.6) is 0 Å². The molecule has 0 fully saturated rings. The largest absolute Gasteiger partial charge is 0.360 e. The fourth-order valence-electron chi connectivity index (χ4n) is 2.61. The van der Waals surface area contributed by atoms with Crippen LogP contribution in [-0.2, 0) is 14.8 Å². The smallest absolute Gasteiger partial charge is 0.242 e. The van der Waals surface area contributed by atoms with Gasteiger partial charge in [-0.25, -0.2) is 12.7 Å². The number of aromatic nitrogens is 2. The lowest BCUT2D eigenvalue weighted by molar-refractivity contribution is -0.113. The molecule has 8 nitrogen and oxygen atoms in total. The van der Waals surface area contributed by atoms with Gasteiger partial charge in [-0.1, -0.05) is 49.4 Å². The van der Waals surface area contributed by atoms with Crippen LogP contribution in [0.3, 0.4) is 0 Å². The van der Waals surface area contributed by atoms with Crippen molar-refractivity contribution in [1.29, 1.82) is 0 Å². The van der Waals surface area contributed by atoms with Crippen molar-refractivity contribution < 1.29 is 13.2 Å². The Kier molecular flexibility index (Phi) is 9.73. The van der Waals surface area contributed by atoms with Gasteiger partial charge in [0.05, 0.1) is 10.6 Å². The van der Waals surface area contributed by atoms with Gasteiger partial charge in [0.15, 0.2) is 4.34 Å². The molecule has 0 saturated heterocycles. The molecule has 0 aliphatic heterocycles. The number of hydrogen-bond donors (Lipinski definition) is 2. The number of thioether (sulfide) groups is 1. The van der Waals surface area contributed by atoms with Crippen molar-refractivity contribution in [2.75, 3.05) is 37.0 Å². The molecule has 2 aromatic rings. The normalized spacial score (nSPS) is 12.7. The Hall–Kier alpha value is -1.69. The van der Waals surface area contributed by atoms with Gasteiger partial charge < -0.3 is 10.6 Å². The zero-order chi connectivity index (χ0) is 23.0. The van der Waals surface area contributed by atoms with E-state index < -0.39 is 10.0 Å². The third kappa shape index (κ3) is 7.74. The minimum absolute atomic E-state index is 0.138. The number of aryl methyl sites for hydroxylation is 1. The van der Waals surface area contributed by atoms with Gasteiger partial charge in [-0.05, 0) is 43.4 Å². The molecule has 2 rings (SSSR count). The monoisotopic (exact) mass is 485 g/mol. The molecule has 11 heteroatoms. The molecule has 0 bridgehead atoms. The van der Waals surface area contributed by atoms with Crippen molar-refractivity contribution in [3.05, 3.63) is 23.8 Å². The molecule has 1 atom stereocenters. The van der Waals surface area contributed by atoms with Crippen LogP contribution in [0.15, 0.2) is 27.4 Å². The van der Waals surface area contributed by atoms with Gasteiger partial charge in [0.25, 0.3) is 0 Å². The maximum Gasteiger partial charge on any atom is 0.242 e. The lowest BCUT2D eigenvalue weighted by atomic mass is 10.0. The van der Waals surface area contributed by atoms with Crippen LogP contribution in [0.2, 0.25) is 0 Å². The van der Waals surface area contributed by atoms with E-state index in [1.807, 2.05) is 6.92 Å². The number of carbonyl (C=O) groups excluding carboxylic acids is 1. The molecule has 0 radical (unpaired) electrons. The summed E-state index contributed by atoms with van der Waals surface area (Å²) in [6, 6.07) is 4.70. The summed E-state index contributed by atoms with van der Waals surface area (Å²) < 4.78 is 26.5. The van der Waals surface area contributed by atoms with Crippen LogP contribution in [0.4, 0.5) is 10.8 Å². The van der Waals surface area contributed by atoms with Gasteiger partial charge in [-0.15, -0.1) is 10.2 Å². The highest BCUT2D eigenvalue weighted by Crippen LogP contribution is 2.26. The quantitative estimate of drug-likeness (QED) is 0.345. The maximum absolute atomic E-state index is 12.4. The van der Waals surface area contributed by atoms with Crippen molar-refractivity contribution in [2.45, 2.75) is 49.3 Å². The van der Waals surface area contributed by atoms with E-state index in [4.69, 9.17) is 0 Å². The van der Waals surface area contributed by atoms with Crippen molar-refractivity contribution in [3.63, 3.8) is 0 Å². The second-order valence-electron chi connectivity index (χ2n) is 7.56. The van der Waals surface area contributed by atoms with Crippen molar-refractivity contribution in [3.8, 4) is 0 Å². The Morgan fingerprint density at radius 3 is 2.71 bits per heavy atom. The number of carbonyl (C=O) groups is 1. The van der Waals surface area contributed by atoms with Gasteiger partial charge in [0.2, 0.25) is 21.1 Å². The Labute approximate surface area is 193 Å². The SMILES string of the molecule is CCC(C)CCCNc1nnc(SCC(=O)Nc2cc(S(=O)(=O)N(C)C)ccc2C)s1. The van der Waals surface area contributed by atoms with Gasteiger partial charge in [-0.3, -0.25) is 4.79 Å². The standard InChI is InChI=1S/C20H31N5O3S3/c1-6-14(2)8-7-11-21-19-23-24-20(30-19)29-13-18(26)22-17-12-16(10-9-15(17)3)31(27,28)25(4)5/h9-10,12,14H,6-8,11,13H2,1-5H3,(H,21,23)(H,22,26). The molecule has 1 amide bonds. The Morgan fingerprint density at radius 1 is 1.29 bits per heavy atom. The molecule has 2 N–H and O–H groups in total. The first-order chi connectivity index (χ1) is 14.6. The zero-order valence-electron chi connectivity index (χ0n) is 18.6. The number of nitrogens with one attached hydrogen (secondary N) is 2. The number of benzene rings is 1. The molecule has 0 spiro atoms. The molecular formula is C20H31N5O3S3. The van der Waals surface area contributed by atoms with Crippen LogP contribution in [-0.4, -0.2) is 55.2 Å². The van der Waals surface area contributed by atoms with E-state index in [1.165, 1.54) is 62.2 Å². The average Bonchev–Trinajstić information content (AvgIpc) is 3.18. The van der Waals surface area contributed by atoms with E-state index in [9.17, 15) is 13.2 Å². The number of hydrogen-bond acceptors (Lipinski definition) is 8. The minimum Gasteiger partial charge on any atom is -0.360 e. The molecule has 1 aromatic heterocycles. The van der Waals surface area contributed by atoms with Gasteiger partial charge in [-0.2, -0.15) is 0 Å². The highest BCUT2D eigenvalue weighted by molar-refractivity contribution is 8.01. The van der Waals surface area contributed by atoms with Gasteiger partial charge >= 0.3 is 0 Å². The van der Waals surface area contributed by atoms with Crippen LogP contribution in [0.1, 0.15) is 38.7 Å². The molecule has 1 heterocycles. The predicted octanol–water partition coefficient (Wildman–Crippen LogP) is 4.07. The summed E-state index contributed by atoms with van der Waals surface area (Å²) in [5, 5.41) is 15.1. The molecule has 31 heavy (non-hydrogen) atoms. The zero-order valence-corrected chi connectivity index (χ0v) is 21.1. The van der Waals surface area contributed by atoms with E-state index in [2.05, 4.69) is 34.7 Å². The average molecular weight is 486 g/mol. The van der Waals surface area contributed by atoms with E-state index in [0.29, 0.717) is 10.0 Å². The third-order valence-electron chi connectivity index (χ3n) is 4.84. The fraction of sp³-hybridized carbons (Fsp3) is 0.550. The summed E-state index contributed by atoms with van der Waals surface area (Å²) in [6.45, 7) is 7.13. The van der Waals surface area contributed by atoms with Crippen LogP contribution < -0.4 is 10.6 Å². The lowest BCUT2D eigenvalue weighted by Gasteiger charge is -2.14. The summed E-state index contributed by atoms with van der Waals surface area (Å²) in [7, 11) is -0.621. The first-order valence-corrected chi connectivity index (χ1v) is 13.4. The molecule has 172 valence electrons. The van der Waals surface area contributed by atoms with Crippen LogP contribution in [0, 0.1) is 12.8 Å². The second kappa shape index (κ2) is 11.8. The minimum atomic E-state index is -3.57. The summed E-state index contributed by atoms with van der Waals surface area (Å²) in [5.41, 5.74) is 1.27. The maximum atomic E-state index is 12.4. The lowest BCUT2D eigenvalue weighted by Crippen LogP contribution is -2.22. The predicted molar refractivity (Wildman–Crippen MR) is 128 cm³/mol. The summed E-state index contributed by atoms with van der Waals surface area (Å²) in [6.07, 6.45) is 3.46. The Bertz CT molecular complexity index is 976. The van der Waals surface area contributed by atoms with Crippen molar-refractivity contribution in [1.82, 2.24) is 14.5 Å². The van der Waals surface area contributed by atoms with E-state index in [-0.39, 0.29) is 16.6 Å². The first kappa shape index (κ1) is 25.6. The fourth-order valence-corrected chi connectivity index (χ4v) is 5.12. The number of nitrogens with zero attached hydrogens (tertiary/aromatic N) is 3. The van der Waals surface area contributed by atoms with Crippen LogP contribution >= 0.6 is 23.1 Å². The summed E-state index contributed by atoms with van der Waals surface area (Å²) >= 11 is 2.73. The summed E-state index contributed by atoms with van der Waals surface area (Å²) in [4.78, 5) is 12.5. The second-order valence-corrected chi connectivity index (χ2v) is 11.9. The number of rotatable bonds is 12. The topological polar surface area (TPSA) is 104 Å². The van der Waals surface area contributed by atoms with Crippen molar-refractivity contribution >= 4 is 49.8 Å². The first-order valence-electron chi connectivity index (χ1n) is 10.2. The molecular weight excluding hydrogens is 454 g/mol. The summed E-state index contributed by atoms with van der Waals surface area (Å²) in [5.74, 6) is 0.658. The van der Waals surface area contributed by atoms with E-state index >= 15 is 0 Å². The highest BCUT2D eigenvalue weighted by Gasteiger charge is 2.19. The Balaban J connectivity index is 1.87. The van der Waals surface area contributed by atoms with Crippen LogP contribution in [0.25, 0.3) is 0 Å². The molecule has 0 saturated carbocycles. The molecule has 0 aliphatic rings. The third-order valence-corrected chi connectivity index (χ3v) is 8.67. The van der Waals surface area contributed by atoms with E-state index in [0.717, 1.165) is 33.9 Å². The van der Waals surface area contributed by atoms with Crippen molar-refractivity contribution in [2.24, 2.45) is 5.92 Å². The van der Waals surface area contributed by atoms with Gasteiger partial charge in [0, 0.05) is 26.3 Å². The molecule has 1 unspecified atom stereocenters. The van der Waals surface area contributed by atoms with E-state index in [1.54, 1.807) is 6.07 Å². The molecule has 1 aromatic carbocycles. The number of anilines is 2. The number of sulfonamides is 1. The molecule has 0 aliphatic carbocycles.